The molecule has 0 amide bonds. The van der Waals surface area contributed by atoms with E-state index < -0.39 is 5.97 Å². The number of Topliss-reactive ketones (excluding diaryl/α,β-unsaturated/α-hetero) is 1. The fraction of sp³-hybridized carbons (Fsp3) is 0.429. The molecule has 0 atom stereocenters. The number of carbonyl (C=O) groups is 2. The van der Waals surface area contributed by atoms with Gasteiger partial charge in [-0.05, 0) is 30.5 Å². The summed E-state index contributed by atoms with van der Waals surface area (Å²) < 4.78 is 0. The molecule has 1 rings (SSSR count). The van der Waals surface area contributed by atoms with Crippen LogP contribution in [0.2, 0.25) is 10.0 Å². The number of rotatable bonds is 7. The zero-order valence-electron chi connectivity index (χ0n) is 10.7. The number of unbranched alkanes of at least 4 members (excludes halogenated alkanes) is 1. The summed E-state index contributed by atoms with van der Waals surface area (Å²) in [5.41, 5.74) is 1.22. The van der Waals surface area contributed by atoms with Gasteiger partial charge in [0.05, 0.1) is 6.42 Å². The number of hydrogen-bond donors (Lipinski definition) is 1. The van der Waals surface area contributed by atoms with Gasteiger partial charge in [-0.15, -0.1) is 0 Å². The lowest BCUT2D eigenvalue weighted by Crippen LogP contribution is -2.04. The summed E-state index contributed by atoms with van der Waals surface area (Å²) in [4.78, 5) is 22.2. The number of carbonyl (C=O) groups excluding carboxylic acids is 1. The second-order valence-electron chi connectivity index (χ2n) is 4.34. The van der Waals surface area contributed by atoms with Crippen molar-refractivity contribution in [2.75, 3.05) is 0 Å². The monoisotopic (exact) mass is 302 g/mol. The van der Waals surface area contributed by atoms with Gasteiger partial charge in [0.25, 0.3) is 0 Å². The van der Waals surface area contributed by atoms with E-state index in [2.05, 4.69) is 6.92 Å². The second-order valence-corrected chi connectivity index (χ2v) is 5.15. The zero-order valence-corrected chi connectivity index (χ0v) is 12.2. The first kappa shape index (κ1) is 16.0. The number of carboxylic acids is 1. The Balaban J connectivity index is 2.87. The van der Waals surface area contributed by atoms with Crippen LogP contribution in [0.15, 0.2) is 12.1 Å². The largest absolute Gasteiger partial charge is 0.481 e. The fourth-order valence-corrected chi connectivity index (χ4v) is 2.40. The zero-order chi connectivity index (χ0) is 14.4. The maximum Gasteiger partial charge on any atom is 0.303 e. The van der Waals surface area contributed by atoms with Gasteiger partial charge in [0.1, 0.15) is 0 Å². The Morgan fingerprint density at radius 3 is 2.21 bits per heavy atom. The Bertz CT molecular complexity index is 461. The Labute approximate surface area is 122 Å². The van der Waals surface area contributed by atoms with Crippen LogP contribution in [-0.4, -0.2) is 16.9 Å². The first-order valence-electron chi connectivity index (χ1n) is 6.18. The van der Waals surface area contributed by atoms with Crippen LogP contribution in [-0.2, 0) is 11.2 Å². The van der Waals surface area contributed by atoms with Crippen LogP contribution in [0.5, 0.6) is 0 Å². The van der Waals surface area contributed by atoms with Crippen molar-refractivity contribution in [3.63, 3.8) is 0 Å². The smallest absolute Gasteiger partial charge is 0.303 e. The van der Waals surface area contributed by atoms with Crippen molar-refractivity contribution in [2.45, 2.75) is 39.0 Å². The molecule has 1 aromatic rings. The normalized spacial score (nSPS) is 10.5. The summed E-state index contributed by atoms with van der Waals surface area (Å²) in [6.07, 6.45) is 2.55. The fourth-order valence-electron chi connectivity index (χ4n) is 1.72. The van der Waals surface area contributed by atoms with Gasteiger partial charge < -0.3 is 5.11 Å². The molecule has 0 aromatic heterocycles. The Hall–Kier alpha value is -1.06. The van der Waals surface area contributed by atoms with E-state index >= 15 is 0 Å². The molecule has 0 aliphatic rings. The highest BCUT2D eigenvalue weighted by atomic mass is 35.5. The quantitative estimate of drug-likeness (QED) is 0.760. The Morgan fingerprint density at radius 2 is 1.74 bits per heavy atom. The highest BCUT2D eigenvalue weighted by molar-refractivity contribution is 6.36. The van der Waals surface area contributed by atoms with Gasteiger partial charge in [-0.2, -0.15) is 0 Å². The van der Waals surface area contributed by atoms with Crippen molar-refractivity contribution in [3.05, 3.63) is 33.3 Å². The topological polar surface area (TPSA) is 54.4 Å². The van der Waals surface area contributed by atoms with Gasteiger partial charge in [-0.25, -0.2) is 0 Å². The first-order chi connectivity index (χ1) is 8.95. The summed E-state index contributed by atoms with van der Waals surface area (Å²) in [5, 5.41) is 9.50. The third-order valence-electron chi connectivity index (χ3n) is 2.81. The van der Waals surface area contributed by atoms with E-state index in [0.29, 0.717) is 15.6 Å². The number of hydrogen-bond acceptors (Lipinski definition) is 2. The molecule has 0 saturated carbocycles. The van der Waals surface area contributed by atoms with E-state index in [1.165, 1.54) is 0 Å². The van der Waals surface area contributed by atoms with Crippen molar-refractivity contribution in [1.82, 2.24) is 0 Å². The molecule has 0 radical (unpaired) electrons. The molecule has 1 N–H and O–H groups in total. The molecule has 0 saturated heterocycles. The van der Waals surface area contributed by atoms with Crippen LogP contribution in [0.3, 0.4) is 0 Å². The van der Waals surface area contributed by atoms with Gasteiger partial charge in [-0.1, -0.05) is 36.5 Å². The van der Waals surface area contributed by atoms with Crippen molar-refractivity contribution >= 4 is 35.0 Å². The molecule has 104 valence electrons. The lowest BCUT2D eigenvalue weighted by Gasteiger charge is -2.09. The predicted octanol–water partition coefficient (Wildman–Crippen LogP) is 4.38. The SMILES string of the molecule is CCCCc1c(Cl)cc(C(=O)CCC(=O)O)cc1Cl. The van der Waals surface area contributed by atoms with Gasteiger partial charge in [0, 0.05) is 22.0 Å². The molecule has 0 heterocycles. The second kappa shape index (κ2) is 7.51. The minimum absolute atomic E-state index is 0.0453. The van der Waals surface area contributed by atoms with Crippen LogP contribution in [0.4, 0.5) is 0 Å². The number of halogens is 2. The molecule has 5 heteroatoms. The Kier molecular flexibility index (Phi) is 6.32. The van der Waals surface area contributed by atoms with Crippen molar-refractivity contribution in [1.29, 1.82) is 0 Å². The lowest BCUT2D eigenvalue weighted by atomic mass is 10.0. The maximum absolute atomic E-state index is 11.8. The molecule has 19 heavy (non-hydrogen) atoms. The molecule has 0 fully saturated rings. The van der Waals surface area contributed by atoms with Gasteiger partial charge in [0.15, 0.2) is 5.78 Å². The van der Waals surface area contributed by atoms with E-state index in [9.17, 15) is 9.59 Å². The van der Waals surface area contributed by atoms with E-state index in [4.69, 9.17) is 28.3 Å². The van der Waals surface area contributed by atoms with Crippen molar-refractivity contribution < 1.29 is 14.7 Å². The van der Waals surface area contributed by atoms with Crippen LogP contribution in [0.1, 0.15) is 48.5 Å². The van der Waals surface area contributed by atoms with Gasteiger partial charge >= 0.3 is 5.97 Å². The lowest BCUT2D eigenvalue weighted by molar-refractivity contribution is -0.136. The molecular formula is C14H16Cl2O3. The van der Waals surface area contributed by atoms with Crippen molar-refractivity contribution in [2.24, 2.45) is 0 Å². The molecule has 0 bridgehead atoms. The molecule has 0 spiro atoms. The number of ketones is 1. The highest BCUT2D eigenvalue weighted by Crippen LogP contribution is 2.28. The summed E-state index contributed by atoms with van der Waals surface area (Å²) in [7, 11) is 0. The number of carboxylic acid groups (broad SMARTS) is 1. The Morgan fingerprint density at radius 1 is 1.16 bits per heavy atom. The molecule has 0 aliphatic heterocycles. The summed E-state index contributed by atoms with van der Waals surface area (Å²) in [6.45, 7) is 2.08. The molecular weight excluding hydrogens is 287 g/mol. The van der Waals surface area contributed by atoms with Gasteiger partial charge in [-0.3, -0.25) is 9.59 Å². The number of benzene rings is 1. The van der Waals surface area contributed by atoms with Crippen LogP contribution in [0, 0.1) is 0 Å². The first-order valence-corrected chi connectivity index (χ1v) is 6.94. The summed E-state index contributed by atoms with van der Waals surface area (Å²) in [6, 6.07) is 3.14. The van der Waals surface area contributed by atoms with E-state index in [1.807, 2.05) is 0 Å². The summed E-state index contributed by atoms with van der Waals surface area (Å²) in [5.74, 6) is -1.25. The van der Waals surface area contributed by atoms with Gasteiger partial charge in [0.2, 0.25) is 0 Å². The minimum atomic E-state index is -0.995. The molecule has 1 aromatic carbocycles. The van der Waals surface area contributed by atoms with E-state index in [1.54, 1.807) is 12.1 Å². The number of aliphatic carboxylic acids is 1. The van der Waals surface area contributed by atoms with Crippen LogP contribution < -0.4 is 0 Å². The minimum Gasteiger partial charge on any atom is -0.481 e. The average Bonchev–Trinajstić information content (AvgIpc) is 2.34. The van der Waals surface area contributed by atoms with Crippen LogP contribution in [0.25, 0.3) is 0 Å². The van der Waals surface area contributed by atoms with E-state index in [0.717, 1.165) is 24.8 Å². The third kappa shape index (κ3) is 4.84. The summed E-state index contributed by atoms with van der Waals surface area (Å²) >= 11 is 12.2. The molecule has 0 unspecified atom stereocenters. The van der Waals surface area contributed by atoms with Crippen LogP contribution >= 0.6 is 23.2 Å². The average molecular weight is 303 g/mol. The van der Waals surface area contributed by atoms with Crippen molar-refractivity contribution in [3.8, 4) is 0 Å². The van der Waals surface area contributed by atoms with E-state index in [-0.39, 0.29) is 18.6 Å². The standard InChI is InChI=1S/C14H16Cl2O3/c1-2-3-4-10-11(15)7-9(8-12(10)16)13(17)5-6-14(18)19/h7-8H,2-6H2,1H3,(H,18,19). The third-order valence-corrected chi connectivity index (χ3v) is 3.48. The maximum atomic E-state index is 11.8. The predicted molar refractivity (Wildman–Crippen MR) is 76.3 cm³/mol. The highest BCUT2D eigenvalue weighted by Gasteiger charge is 2.13. The molecule has 3 nitrogen and oxygen atoms in total. The molecule has 0 aliphatic carbocycles.